The molecule has 0 saturated heterocycles. The molecule has 2 aromatic rings. The Balaban J connectivity index is -0.0000000760. The monoisotopic (exact) mass is 468 g/mol. The topological polar surface area (TPSA) is 60.2 Å². The van der Waals surface area contributed by atoms with E-state index in [4.69, 9.17) is 0 Å². The van der Waals surface area contributed by atoms with Crippen molar-refractivity contribution in [1.82, 2.24) is 19.6 Å². The smallest absolute Gasteiger partial charge is 1.00 e. The fraction of sp³-hybridized carbons (Fsp3) is 0.444. The van der Waals surface area contributed by atoms with Gasteiger partial charge in [-0.25, -0.2) is 9.50 Å². The summed E-state index contributed by atoms with van der Waals surface area (Å²) in [5.74, 6) is 0.669. The van der Waals surface area contributed by atoms with Crippen molar-refractivity contribution in [2.45, 2.75) is 13.8 Å². The molecule has 2 heterocycles. The van der Waals surface area contributed by atoms with Gasteiger partial charge in [-0.1, -0.05) is 0 Å². The predicted molar refractivity (Wildman–Crippen MR) is 60.2 cm³/mol. The number of halogens is 4. The fourth-order valence-electron chi connectivity index (χ4n) is 1.11. The van der Waals surface area contributed by atoms with Crippen molar-refractivity contribution in [2.24, 2.45) is 0 Å². The second-order valence-corrected chi connectivity index (χ2v) is 4.74. The first-order valence-corrected chi connectivity index (χ1v) is 6.36. The van der Waals surface area contributed by atoms with Gasteiger partial charge in [0.25, 0.3) is 5.78 Å². The van der Waals surface area contributed by atoms with Crippen LogP contribution in [-0.2, 0) is 30.3 Å². The fourth-order valence-corrected chi connectivity index (χ4v) is 1.11. The van der Waals surface area contributed by atoms with Crippen LogP contribution in [0.3, 0.4) is 0 Å². The average molecular weight is 469 g/mol. The van der Waals surface area contributed by atoms with Gasteiger partial charge in [-0.05, 0) is 19.9 Å². The van der Waals surface area contributed by atoms with E-state index in [1.54, 1.807) is 17.0 Å². The maximum Gasteiger partial charge on any atom is 3.00 e. The summed E-state index contributed by atoms with van der Waals surface area (Å²) < 4.78 is 11.3. The van der Waals surface area contributed by atoms with Crippen LogP contribution in [0, 0.1) is 13.8 Å². The minimum absolute atomic E-state index is 0. The zero-order valence-corrected chi connectivity index (χ0v) is 16.7. The van der Waals surface area contributed by atoms with Crippen LogP contribution in [0.4, 0.5) is 0 Å². The van der Waals surface area contributed by atoms with Crippen molar-refractivity contribution in [1.29, 1.82) is 0 Å². The molecule has 0 atom stereocenters. The van der Waals surface area contributed by atoms with Gasteiger partial charge in [0.05, 0.1) is 0 Å². The van der Waals surface area contributed by atoms with Crippen molar-refractivity contribution in [3.63, 3.8) is 0 Å². The van der Waals surface area contributed by atoms with Crippen LogP contribution in [0.5, 0.6) is 0 Å². The molecule has 20 heavy (non-hydrogen) atoms. The summed E-state index contributed by atoms with van der Waals surface area (Å²) in [7, 11) is -0.611. The van der Waals surface area contributed by atoms with Gasteiger partial charge < -0.3 is 49.6 Å². The number of nitrogens with zero attached hydrogens (tertiary/aromatic N) is 4. The summed E-state index contributed by atoms with van der Waals surface area (Å²) in [5.41, 5.74) is 2.04. The first kappa shape index (κ1) is 32.4. The Morgan fingerprint density at radius 3 is 2.00 bits per heavy atom. The Bertz CT molecular complexity index is 496. The number of aryl methyl sites for hydroxylation is 2. The van der Waals surface area contributed by atoms with Crippen LogP contribution in [0.2, 0.25) is 0 Å². The third-order valence-corrected chi connectivity index (χ3v) is 1.56. The number of aromatic nitrogens is 4. The number of rotatable bonds is 0. The van der Waals surface area contributed by atoms with Crippen molar-refractivity contribution < 1.29 is 73.3 Å². The third kappa shape index (κ3) is 11.2. The molecule has 0 spiro atoms. The van der Waals surface area contributed by atoms with E-state index in [1.807, 2.05) is 19.9 Å². The number of hydrogen-bond acceptors (Lipinski definition) is 4. The minimum Gasteiger partial charge on any atom is -1.00 e. The van der Waals surface area contributed by atoms with Crippen LogP contribution in [0.1, 0.15) is 11.4 Å². The molecule has 5 nitrogen and oxygen atoms in total. The summed E-state index contributed by atoms with van der Waals surface area (Å²) in [5, 5.41) is 4.00. The van der Waals surface area contributed by atoms with Gasteiger partial charge >= 0.3 is 19.5 Å². The van der Waals surface area contributed by atoms with Crippen LogP contribution < -0.4 is 49.6 Å². The largest absolute Gasteiger partial charge is 3.00 e. The molecule has 119 valence electrons. The van der Waals surface area contributed by atoms with Crippen LogP contribution in [0.25, 0.3) is 5.78 Å². The summed E-state index contributed by atoms with van der Waals surface area (Å²) >= 11 is 0. The third-order valence-electron chi connectivity index (χ3n) is 1.56. The van der Waals surface area contributed by atoms with Crippen molar-refractivity contribution >= 4 is 16.6 Å². The van der Waals surface area contributed by atoms with Gasteiger partial charge in [-0.3, -0.25) is 4.21 Å². The van der Waals surface area contributed by atoms with Gasteiger partial charge in [0, 0.05) is 34.7 Å². The quantitative estimate of drug-likeness (QED) is 0.360. The molecule has 0 unspecified atom stereocenters. The van der Waals surface area contributed by atoms with Crippen LogP contribution in [0.15, 0.2) is 12.4 Å². The van der Waals surface area contributed by atoms with E-state index < -0.39 is 10.8 Å². The van der Waals surface area contributed by atoms with Gasteiger partial charge in [0.1, 0.15) is 6.33 Å². The molecule has 2 rings (SSSR count). The van der Waals surface area contributed by atoms with Crippen LogP contribution >= 0.6 is 0 Å². The standard InChI is InChI=1S/C7H8N4.C2H6OS.4ClH.Ru/c1-5-3-6(2)11-7(10-5)8-4-9-11;1-4(2)3;;;;;/h3-4H,1-2H3;1-2H3;4*1H;/q;;;;;;+3/p-4. The van der Waals surface area contributed by atoms with E-state index in [9.17, 15) is 4.21 Å². The molecule has 11 heteroatoms. The molecule has 0 bridgehead atoms. The predicted octanol–water partition coefficient (Wildman–Crippen LogP) is -11.3. The average Bonchev–Trinajstić information content (AvgIpc) is 2.50. The summed E-state index contributed by atoms with van der Waals surface area (Å²) in [6.45, 7) is 3.93. The van der Waals surface area contributed by atoms with E-state index >= 15 is 0 Å². The Hall–Kier alpha value is 0.483. The number of hydrogen-bond donors (Lipinski definition) is 0. The second-order valence-electron chi connectivity index (χ2n) is 3.25. The maximum atomic E-state index is 9.56. The van der Waals surface area contributed by atoms with E-state index in [0.717, 1.165) is 11.4 Å². The minimum atomic E-state index is -0.611. The summed E-state index contributed by atoms with van der Waals surface area (Å²) in [6, 6.07) is 1.97. The Kier molecular flexibility index (Phi) is 25.7. The molecule has 0 N–H and O–H groups in total. The zero-order valence-electron chi connectivity index (χ0n) is 11.1. The van der Waals surface area contributed by atoms with E-state index in [2.05, 4.69) is 15.1 Å². The molecule has 0 amide bonds. The molecule has 0 saturated carbocycles. The first-order chi connectivity index (χ1) is 7.00. The number of fused-ring (bicyclic) bond motifs is 1. The maximum absolute atomic E-state index is 9.56. The van der Waals surface area contributed by atoms with Crippen molar-refractivity contribution in [2.75, 3.05) is 12.5 Å². The van der Waals surface area contributed by atoms with Crippen molar-refractivity contribution in [3.8, 4) is 0 Å². The van der Waals surface area contributed by atoms with Gasteiger partial charge in [-0.2, -0.15) is 10.1 Å². The van der Waals surface area contributed by atoms with Gasteiger partial charge in [-0.15, -0.1) is 0 Å². The van der Waals surface area contributed by atoms with E-state index in [1.165, 1.54) is 6.33 Å². The molecule has 0 aliphatic rings. The van der Waals surface area contributed by atoms with Crippen LogP contribution in [-0.4, -0.2) is 36.3 Å². The SMILES string of the molecule is CS(C)=O.Cc1cc(C)n2ncnc2n1.[Cl-].[Cl-].[Cl-].[Cl-].[Ru+3]. The molecule has 0 aromatic carbocycles. The van der Waals surface area contributed by atoms with E-state index in [-0.39, 0.29) is 69.1 Å². The first-order valence-electron chi connectivity index (χ1n) is 4.39. The zero-order chi connectivity index (χ0) is 11.4. The van der Waals surface area contributed by atoms with Gasteiger partial charge in [0.15, 0.2) is 0 Å². The second kappa shape index (κ2) is 15.9. The summed E-state index contributed by atoms with van der Waals surface area (Å²) in [4.78, 5) is 8.17. The molecule has 0 aliphatic heterocycles. The molecule has 2 aromatic heterocycles. The summed E-state index contributed by atoms with van der Waals surface area (Å²) in [6.07, 6.45) is 4.79. The van der Waals surface area contributed by atoms with Gasteiger partial charge in [0.2, 0.25) is 0 Å². The Morgan fingerprint density at radius 1 is 1.10 bits per heavy atom. The normalized spacial score (nSPS) is 7.65. The molecule has 1 radical (unpaired) electrons. The Morgan fingerprint density at radius 2 is 1.55 bits per heavy atom. The van der Waals surface area contributed by atoms with E-state index in [0.29, 0.717) is 5.78 Å². The molecular formula is C9H14Cl4N4ORuS-. The Labute approximate surface area is 159 Å². The van der Waals surface area contributed by atoms with Crippen molar-refractivity contribution in [3.05, 3.63) is 23.8 Å². The molecule has 0 aliphatic carbocycles. The molecule has 0 fully saturated rings. The molecular weight excluding hydrogens is 455 g/mol.